The summed E-state index contributed by atoms with van der Waals surface area (Å²) in [5.74, 6) is 0.305. The fourth-order valence-corrected chi connectivity index (χ4v) is 4.01. The highest BCUT2D eigenvalue weighted by atomic mass is 32.2. The summed E-state index contributed by atoms with van der Waals surface area (Å²) in [6.45, 7) is 11.9. The van der Waals surface area contributed by atoms with Gasteiger partial charge >= 0.3 is 0 Å². The van der Waals surface area contributed by atoms with E-state index in [0.29, 0.717) is 23.5 Å². The molecule has 22 heavy (non-hydrogen) atoms. The molecule has 0 fully saturated rings. The van der Waals surface area contributed by atoms with Crippen LogP contribution in [-0.4, -0.2) is 24.1 Å². The number of nitrogens with zero attached hydrogens (tertiary/aromatic N) is 2. The first-order chi connectivity index (χ1) is 9.78. The number of sulfone groups is 1. The van der Waals surface area contributed by atoms with E-state index in [-0.39, 0.29) is 28.4 Å². The number of aromatic nitrogens is 2. The molecule has 0 saturated heterocycles. The minimum Gasteiger partial charge on any atom is -0.311 e. The van der Waals surface area contributed by atoms with Crippen LogP contribution < -0.4 is 5.32 Å². The van der Waals surface area contributed by atoms with Gasteiger partial charge in [-0.1, -0.05) is 20.8 Å². The number of carbonyl (C=O) groups excluding carboxylic acids is 1. The Hall–Kier alpha value is -1.37. The average molecular weight is 327 g/mol. The van der Waals surface area contributed by atoms with Gasteiger partial charge in [0.1, 0.15) is 5.82 Å². The van der Waals surface area contributed by atoms with Gasteiger partial charge in [0.15, 0.2) is 9.84 Å². The van der Waals surface area contributed by atoms with Gasteiger partial charge in [0.2, 0.25) is 5.91 Å². The van der Waals surface area contributed by atoms with Crippen LogP contribution in [0.15, 0.2) is 0 Å². The quantitative estimate of drug-likeness (QED) is 0.904. The summed E-state index contributed by atoms with van der Waals surface area (Å²) >= 11 is 0. The third-order valence-corrected chi connectivity index (χ3v) is 4.81. The van der Waals surface area contributed by atoms with Crippen LogP contribution in [0.1, 0.15) is 59.2 Å². The molecule has 0 atom stereocenters. The first-order valence-corrected chi connectivity index (χ1v) is 9.22. The number of nitrogens with one attached hydrogen (secondary N) is 1. The standard InChI is InChI=1S/C15H25N3O3S/c1-14(2,3)7-12(19)16-13-10-8-22(20,21)9-11(10)17-18(13)15(4,5)6/h7-9H2,1-6H3,(H,16,19). The van der Waals surface area contributed by atoms with E-state index in [0.717, 1.165) is 0 Å². The molecule has 6 nitrogen and oxygen atoms in total. The number of anilines is 1. The maximum atomic E-state index is 12.3. The lowest BCUT2D eigenvalue weighted by Crippen LogP contribution is -2.28. The molecule has 0 aliphatic carbocycles. The largest absolute Gasteiger partial charge is 0.311 e. The molecule has 1 aliphatic heterocycles. The van der Waals surface area contributed by atoms with Crippen molar-refractivity contribution < 1.29 is 13.2 Å². The van der Waals surface area contributed by atoms with Gasteiger partial charge in [-0.05, 0) is 26.2 Å². The van der Waals surface area contributed by atoms with E-state index in [1.807, 2.05) is 41.5 Å². The van der Waals surface area contributed by atoms with E-state index < -0.39 is 9.84 Å². The lowest BCUT2D eigenvalue weighted by atomic mass is 9.92. The fraction of sp³-hybridized carbons (Fsp3) is 0.733. The van der Waals surface area contributed by atoms with Crippen molar-refractivity contribution in [2.24, 2.45) is 5.41 Å². The van der Waals surface area contributed by atoms with Gasteiger partial charge in [0, 0.05) is 12.0 Å². The van der Waals surface area contributed by atoms with Crippen LogP contribution in [0.25, 0.3) is 0 Å². The molecule has 0 radical (unpaired) electrons. The zero-order valence-electron chi connectivity index (χ0n) is 14.1. The Kier molecular flexibility index (Phi) is 3.92. The smallest absolute Gasteiger partial charge is 0.226 e. The minimum atomic E-state index is -3.14. The minimum absolute atomic E-state index is 0.0481. The molecule has 1 aliphatic rings. The Labute approximate surface area is 132 Å². The highest BCUT2D eigenvalue weighted by Crippen LogP contribution is 2.34. The van der Waals surface area contributed by atoms with Crippen LogP contribution in [0.2, 0.25) is 0 Å². The average Bonchev–Trinajstić information content (AvgIpc) is 2.69. The summed E-state index contributed by atoms with van der Waals surface area (Å²) in [5, 5.41) is 7.32. The Bertz CT molecular complexity index is 704. The maximum Gasteiger partial charge on any atom is 0.226 e. The molecule has 7 heteroatoms. The monoisotopic (exact) mass is 327 g/mol. The third kappa shape index (κ3) is 3.69. The zero-order chi connectivity index (χ0) is 16.9. The Morgan fingerprint density at radius 3 is 2.27 bits per heavy atom. The molecule has 0 aromatic carbocycles. The molecule has 124 valence electrons. The Morgan fingerprint density at radius 2 is 1.77 bits per heavy atom. The molecule has 2 rings (SSSR count). The second kappa shape index (κ2) is 5.08. The molecule has 1 N–H and O–H groups in total. The summed E-state index contributed by atoms with van der Waals surface area (Å²) in [6.07, 6.45) is 0.365. The summed E-state index contributed by atoms with van der Waals surface area (Å²) in [5.41, 5.74) is 0.725. The highest BCUT2D eigenvalue weighted by Gasteiger charge is 2.35. The van der Waals surface area contributed by atoms with Gasteiger partial charge in [-0.3, -0.25) is 4.79 Å². The van der Waals surface area contributed by atoms with Gasteiger partial charge in [-0.15, -0.1) is 0 Å². The number of hydrogen-bond acceptors (Lipinski definition) is 4. The van der Waals surface area contributed by atoms with Crippen LogP contribution in [0.3, 0.4) is 0 Å². The summed E-state index contributed by atoms with van der Waals surface area (Å²) < 4.78 is 25.4. The van der Waals surface area contributed by atoms with E-state index in [9.17, 15) is 13.2 Å². The van der Waals surface area contributed by atoms with Crippen molar-refractivity contribution in [1.82, 2.24) is 9.78 Å². The molecule has 1 aromatic rings. The van der Waals surface area contributed by atoms with Gasteiger partial charge in [-0.25, -0.2) is 13.1 Å². The van der Waals surface area contributed by atoms with Gasteiger partial charge in [0.25, 0.3) is 0 Å². The van der Waals surface area contributed by atoms with Crippen molar-refractivity contribution in [3.63, 3.8) is 0 Å². The van der Waals surface area contributed by atoms with E-state index in [1.165, 1.54) is 0 Å². The SMILES string of the molecule is CC(C)(C)CC(=O)Nc1c2c(nn1C(C)(C)C)CS(=O)(=O)C2. The number of hydrogen-bond donors (Lipinski definition) is 1. The lowest BCUT2D eigenvalue weighted by molar-refractivity contribution is -0.117. The first kappa shape index (κ1) is 17.0. The van der Waals surface area contributed by atoms with Crippen LogP contribution in [0.4, 0.5) is 5.82 Å². The molecule has 1 aromatic heterocycles. The fourth-order valence-electron chi connectivity index (χ4n) is 2.51. The normalized spacial score (nSPS) is 17.4. The zero-order valence-corrected chi connectivity index (χ0v) is 15.0. The van der Waals surface area contributed by atoms with Crippen LogP contribution in [0, 0.1) is 5.41 Å². The number of fused-ring (bicyclic) bond motifs is 1. The van der Waals surface area contributed by atoms with E-state index >= 15 is 0 Å². The van der Waals surface area contributed by atoms with Crippen LogP contribution >= 0.6 is 0 Å². The van der Waals surface area contributed by atoms with E-state index in [2.05, 4.69) is 10.4 Å². The number of amides is 1. The second-order valence-electron chi connectivity index (χ2n) is 8.17. The van der Waals surface area contributed by atoms with E-state index in [4.69, 9.17) is 0 Å². The van der Waals surface area contributed by atoms with Crippen molar-refractivity contribution in [2.45, 2.75) is 65.0 Å². The number of carbonyl (C=O) groups is 1. The Balaban J connectivity index is 2.39. The van der Waals surface area contributed by atoms with Crippen molar-refractivity contribution >= 4 is 21.6 Å². The lowest BCUT2D eigenvalue weighted by Gasteiger charge is -2.24. The van der Waals surface area contributed by atoms with Crippen LogP contribution in [0.5, 0.6) is 0 Å². The molecular weight excluding hydrogens is 302 g/mol. The summed E-state index contributed by atoms with van der Waals surface area (Å²) in [7, 11) is -3.14. The van der Waals surface area contributed by atoms with Crippen molar-refractivity contribution in [3.05, 3.63) is 11.3 Å². The van der Waals surface area contributed by atoms with Gasteiger partial charge in [-0.2, -0.15) is 5.10 Å². The molecular formula is C15H25N3O3S. The first-order valence-electron chi connectivity index (χ1n) is 7.40. The molecule has 0 bridgehead atoms. The van der Waals surface area contributed by atoms with E-state index in [1.54, 1.807) is 4.68 Å². The summed E-state index contributed by atoms with van der Waals surface area (Å²) in [6, 6.07) is 0. The highest BCUT2D eigenvalue weighted by molar-refractivity contribution is 7.90. The van der Waals surface area contributed by atoms with Crippen LogP contribution in [-0.2, 0) is 31.7 Å². The number of rotatable bonds is 2. The van der Waals surface area contributed by atoms with Crippen molar-refractivity contribution in [1.29, 1.82) is 0 Å². The predicted molar refractivity (Wildman–Crippen MR) is 86.3 cm³/mol. The Morgan fingerprint density at radius 1 is 1.18 bits per heavy atom. The topological polar surface area (TPSA) is 81.1 Å². The van der Waals surface area contributed by atoms with Crippen molar-refractivity contribution in [3.8, 4) is 0 Å². The predicted octanol–water partition coefficient (Wildman–Crippen LogP) is 2.44. The van der Waals surface area contributed by atoms with Gasteiger partial charge < -0.3 is 5.32 Å². The molecule has 1 amide bonds. The molecule has 2 heterocycles. The van der Waals surface area contributed by atoms with Gasteiger partial charge in [0.05, 0.1) is 22.7 Å². The van der Waals surface area contributed by atoms with Crippen molar-refractivity contribution in [2.75, 3.05) is 5.32 Å². The summed E-state index contributed by atoms with van der Waals surface area (Å²) in [4.78, 5) is 12.3. The molecule has 0 saturated carbocycles. The molecule has 0 unspecified atom stereocenters. The maximum absolute atomic E-state index is 12.3. The molecule has 0 spiro atoms. The second-order valence-corrected chi connectivity index (χ2v) is 10.2. The third-order valence-electron chi connectivity index (χ3n) is 3.37.